The Morgan fingerprint density at radius 1 is 1.24 bits per heavy atom. The highest BCUT2D eigenvalue weighted by Crippen LogP contribution is 2.05. The van der Waals surface area contributed by atoms with Crippen LogP contribution in [0.5, 0.6) is 0 Å². The normalized spacial score (nSPS) is 16.2. The number of rotatable bonds is 2. The van der Waals surface area contributed by atoms with Crippen LogP contribution in [0.4, 0.5) is 4.39 Å². The van der Waals surface area contributed by atoms with Crippen LogP contribution in [0.25, 0.3) is 0 Å². The Morgan fingerprint density at radius 3 is 2.29 bits per heavy atom. The van der Waals surface area contributed by atoms with Crippen molar-refractivity contribution >= 4 is 12.6 Å². The topological polar surface area (TPSA) is 15.3 Å². The van der Waals surface area contributed by atoms with Gasteiger partial charge in [-0.15, -0.1) is 12.6 Å². The van der Waals surface area contributed by atoms with Gasteiger partial charge in [0.25, 0.3) is 0 Å². The predicted molar refractivity (Wildman–Crippen MR) is 73.7 cm³/mol. The molecule has 0 amide bonds. The number of piperazine rings is 1. The van der Waals surface area contributed by atoms with Crippen LogP contribution in [-0.4, -0.2) is 44.3 Å². The Kier molecular flexibility index (Phi) is 7.24. The van der Waals surface area contributed by atoms with E-state index in [4.69, 9.17) is 0 Å². The van der Waals surface area contributed by atoms with Crippen LogP contribution in [0, 0.1) is 6.92 Å². The minimum absolute atomic E-state index is 0.208. The molecule has 0 bridgehead atoms. The number of hydrogen-bond acceptors (Lipinski definition) is 3. The Balaban J connectivity index is 0.000000171. The lowest BCUT2D eigenvalue weighted by Gasteiger charge is -2.25. The van der Waals surface area contributed by atoms with Gasteiger partial charge in [0.2, 0.25) is 0 Å². The molecular formula is C13H21FN2S. The molecule has 1 saturated heterocycles. The van der Waals surface area contributed by atoms with Crippen LogP contribution >= 0.6 is 12.6 Å². The van der Waals surface area contributed by atoms with E-state index in [2.05, 4.69) is 29.8 Å². The first-order valence-electron chi connectivity index (χ1n) is 5.97. The van der Waals surface area contributed by atoms with Gasteiger partial charge in [-0.3, -0.25) is 4.90 Å². The van der Waals surface area contributed by atoms with E-state index in [1.807, 2.05) is 24.3 Å². The molecule has 1 fully saturated rings. The summed E-state index contributed by atoms with van der Waals surface area (Å²) in [5.41, 5.74) is 1.28. The molecule has 0 aromatic heterocycles. The number of alkyl halides is 1. The second-order valence-electron chi connectivity index (χ2n) is 4.12. The van der Waals surface area contributed by atoms with Gasteiger partial charge in [0, 0.05) is 37.6 Å². The Labute approximate surface area is 109 Å². The number of aryl methyl sites for hydroxylation is 1. The Morgan fingerprint density at radius 2 is 1.82 bits per heavy atom. The molecule has 1 aromatic carbocycles. The quantitative estimate of drug-likeness (QED) is 0.788. The van der Waals surface area contributed by atoms with E-state index in [0.29, 0.717) is 6.54 Å². The van der Waals surface area contributed by atoms with Crippen molar-refractivity contribution in [2.45, 2.75) is 11.8 Å². The maximum absolute atomic E-state index is 11.7. The molecule has 0 spiro atoms. The molecule has 17 heavy (non-hydrogen) atoms. The lowest BCUT2D eigenvalue weighted by molar-refractivity contribution is 0.221. The average Bonchev–Trinajstić information content (AvgIpc) is 2.36. The van der Waals surface area contributed by atoms with Gasteiger partial charge in [-0.25, -0.2) is 4.39 Å². The lowest BCUT2D eigenvalue weighted by Crippen LogP contribution is -2.44. The Bertz CT molecular complexity index is 273. The zero-order valence-electron chi connectivity index (χ0n) is 10.3. The zero-order chi connectivity index (χ0) is 12.5. The maximum Gasteiger partial charge on any atom is 0.102 e. The standard InChI is InChI=1S/C7H8S.C6H13FN2/c1-6-2-4-7(8)5-3-6;7-1-4-9-5-2-8-3-6-9/h2-5,8H,1H3;8H,1-6H2. The van der Waals surface area contributed by atoms with Crippen LogP contribution in [0.15, 0.2) is 29.2 Å². The van der Waals surface area contributed by atoms with Crippen molar-refractivity contribution in [1.29, 1.82) is 0 Å². The van der Waals surface area contributed by atoms with Gasteiger partial charge in [-0.2, -0.15) is 0 Å². The number of benzene rings is 1. The first-order chi connectivity index (χ1) is 8.22. The molecule has 1 N–H and O–H groups in total. The maximum atomic E-state index is 11.7. The van der Waals surface area contributed by atoms with Crippen molar-refractivity contribution in [3.8, 4) is 0 Å². The smallest absolute Gasteiger partial charge is 0.102 e. The molecule has 0 saturated carbocycles. The Hall–Kier alpha value is -0.580. The van der Waals surface area contributed by atoms with Crippen molar-refractivity contribution in [3.05, 3.63) is 29.8 Å². The second-order valence-corrected chi connectivity index (χ2v) is 4.63. The van der Waals surface area contributed by atoms with E-state index in [9.17, 15) is 4.39 Å². The molecule has 0 aliphatic carbocycles. The van der Waals surface area contributed by atoms with Crippen LogP contribution < -0.4 is 5.32 Å². The molecule has 0 unspecified atom stereocenters. The van der Waals surface area contributed by atoms with E-state index in [0.717, 1.165) is 31.1 Å². The largest absolute Gasteiger partial charge is 0.314 e. The summed E-state index contributed by atoms with van der Waals surface area (Å²) < 4.78 is 11.7. The van der Waals surface area contributed by atoms with Crippen molar-refractivity contribution in [2.24, 2.45) is 0 Å². The molecule has 2 rings (SSSR count). The third kappa shape index (κ3) is 6.66. The summed E-state index contributed by atoms with van der Waals surface area (Å²) >= 11 is 4.13. The monoisotopic (exact) mass is 256 g/mol. The van der Waals surface area contributed by atoms with E-state index in [1.54, 1.807) is 0 Å². The zero-order valence-corrected chi connectivity index (χ0v) is 11.2. The highest BCUT2D eigenvalue weighted by atomic mass is 32.1. The van der Waals surface area contributed by atoms with E-state index in [1.165, 1.54) is 5.56 Å². The summed E-state index contributed by atoms with van der Waals surface area (Å²) in [6.07, 6.45) is 0. The van der Waals surface area contributed by atoms with Gasteiger partial charge in [0.1, 0.15) is 6.67 Å². The van der Waals surface area contributed by atoms with Gasteiger partial charge in [-0.05, 0) is 19.1 Å². The fourth-order valence-electron chi connectivity index (χ4n) is 1.60. The van der Waals surface area contributed by atoms with Crippen molar-refractivity contribution in [2.75, 3.05) is 39.4 Å². The fraction of sp³-hybridized carbons (Fsp3) is 0.538. The van der Waals surface area contributed by atoms with Crippen LogP contribution in [0.3, 0.4) is 0 Å². The molecule has 2 nitrogen and oxygen atoms in total. The first kappa shape index (κ1) is 14.5. The highest BCUT2D eigenvalue weighted by Gasteiger charge is 2.07. The van der Waals surface area contributed by atoms with Gasteiger partial charge in [0.15, 0.2) is 0 Å². The third-order valence-electron chi connectivity index (χ3n) is 2.64. The van der Waals surface area contributed by atoms with E-state index >= 15 is 0 Å². The van der Waals surface area contributed by atoms with Crippen molar-refractivity contribution in [3.63, 3.8) is 0 Å². The van der Waals surface area contributed by atoms with E-state index < -0.39 is 0 Å². The number of nitrogens with one attached hydrogen (secondary N) is 1. The van der Waals surface area contributed by atoms with Gasteiger partial charge in [0.05, 0.1) is 0 Å². The molecule has 0 radical (unpaired) electrons. The second kappa shape index (κ2) is 8.50. The minimum Gasteiger partial charge on any atom is -0.314 e. The summed E-state index contributed by atoms with van der Waals surface area (Å²) in [6, 6.07) is 8.06. The number of halogens is 1. The molecule has 1 heterocycles. The van der Waals surface area contributed by atoms with Crippen LogP contribution in [0.2, 0.25) is 0 Å². The van der Waals surface area contributed by atoms with Gasteiger partial charge >= 0.3 is 0 Å². The summed E-state index contributed by atoms with van der Waals surface area (Å²) in [5, 5.41) is 3.21. The average molecular weight is 256 g/mol. The molecule has 1 aromatic rings. The number of thiol groups is 1. The molecule has 1 aliphatic rings. The van der Waals surface area contributed by atoms with Crippen LogP contribution in [-0.2, 0) is 0 Å². The molecule has 0 atom stereocenters. The summed E-state index contributed by atoms with van der Waals surface area (Å²) in [7, 11) is 0. The third-order valence-corrected chi connectivity index (χ3v) is 2.94. The minimum atomic E-state index is -0.208. The highest BCUT2D eigenvalue weighted by molar-refractivity contribution is 7.80. The molecule has 1 aliphatic heterocycles. The summed E-state index contributed by atoms with van der Waals surface area (Å²) in [4.78, 5) is 3.16. The van der Waals surface area contributed by atoms with Crippen molar-refractivity contribution < 1.29 is 4.39 Å². The van der Waals surface area contributed by atoms with Crippen LogP contribution in [0.1, 0.15) is 5.56 Å². The summed E-state index contributed by atoms with van der Waals surface area (Å²) in [5.74, 6) is 0. The fourth-order valence-corrected chi connectivity index (χ4v) is 1.75. The number of hydrogen-bond donors (Lipinski definition) is 2. The van der Waals surface area contributed by atoms with E-state index in [-0.39, 0.29) is 6.67 Å². The summed E-state index contributed by atoms with van der Waals surface area (Å²) in [6.45, 7) is 6.50. The van der Waals surface area contributed by atoms with Gasteiger partial charge < -0.3 is 5.32 Å². The van der Waals surface area contributed by atoms with Crippen molar-refractivity contribution in [1.82, 2.24) is 10.2 Å². The molecule has 4 heteroatoms. The molecular weight excluding hydrogens is 235 g/mol. The first-order valence-corrected chi connectivity index (χ1v) is 6.42. The predicted octanol–water partition coefficient (Wildman–Crippen LogP) is 2.14. The molecule has 96 valence electrons. The SMILES string of the molecule is Cc1ccc(S)cc1.FCCN1CCNCC1. The lowest BCUT2D eigenvalue weighted by atomic mass is 10.2. The van der Waals surface area contributed by atoms with Gasteiger partial charge in [-0.1, -0.05) is 17.7 Å². The number of nitrogens with zero attached hydrogens (tertiary/aromatic N) is 1.